The average Bonchev–Trinajstić information content (AvgIpc) is 2.94. The number of aromatic nitrogens is 4. The van der Waals surface area contributed by atoms with Crippen LogP contribution < -0.4 is 39.7 Å². The molecule has 0 aromatic carbocycles. The first-order valence-electron chi connectivity index (χ1n) is 6.21. The maximum absolute atomic E-state index is 11.0. The van der Waals surface area contributed by atoms with Gasteiger partial charge in [0.05, 0.1) is 5.56 Å². The highest BCUT2D eigenvalue weighted by Gasteiger charge is 2.10. The number of anilines is 2. The fourth-order valence-electron chi connectivity index (χ4n) is 1.54. The molecule has 2 aromatic rings. The topological polar surface area (TPSA) is 239 Å². The first-order valence-corrected chi connectivity index (χ1v) is 6.21. The number of nitrogens with two attached hydrogens (primary N) is 3. The Morgan fingerprint density at radius 3 is 2.08 bits per heavy atom. The summed E-state index contributed by atoms with van der Waals surface area (Å²) in [5.74, 6) is 0.285. The van der Waals surface area contributed by atoms with Gasteiger partial charge in [0, 0.05) is 12.6 Å². The molecule has 0 unspecified atom stereocenters. The van der Waals surface area contributed by atoms with E-state index in [0.717, 1.165) is 0 Å². The summed E-state index contributed by atoms with van der Waals surface area (Å²) < 4.78 is 0. The van der Waals surface area contributed by atoms with Crippen molar-refractivity contribution in [2.45, 2.75) is 6.42 Å². The number of fused-ring (bicyclic) bond motifs is 1. The number of aliphatic imine (C=N–C) groups is 1. The second kappa shape index (κ2) is 7.92. The van der Waals surface area contributed by atoms with E-state index in [1.54, 1.807) is 6.21 Å². The van der Waals surface area contributed by atoms with E-state index in [4.69, 9.17) is 16.3 Å². The molecule has 10 N–H and O–H groups in total. The number of primary amides is 1. The molecule has 0 saturated heterocycles. The number of aromatic amines is 4. The van der Waals surface area contributed by atoms with Gasteiger partial charge in [0.25, 0.3) is 11.1 Å². The lowest BCUT2D eigenvalue weighted by atomic mass is 10.3. The number of nitrogens with zero attached hydrogens (tertiary/aromatic N) is 1. The first-order chi connectivity index (χ1) is 11.3. The number of hydrogen-bond donors (Lipinski definition) is 7. The third-order valence-electron chi connectivity index (χ3n) is 2.54. The summed E-state index contributed by atoms with van der Waals surface area (Å²) in [6.45, 7) is 0. The Morgan fingerprint density at radius 2 is 1.50 bits per heavy atom. The van der Waals surface area contributed by atoms with Gasteiger partial charge in [0.15, 0.2) is 0 Å². The highest BCUT2D eigenvalue weighted by atomic mass is 16.3. The largest absolute Gasteiger partial charge is 0.391 e. The van der Waals surface area contributed by atoms with E-state index in [2.05, 4.69) is 25.7 Å². The molecule has 0 bridgehead atoms. The van der Waals surface area contributed by atoms with Gasteiger partial charge < -0.3 is 17.2 Å². The van der Waals surface area contributed by atoms with Gasteiger partial charge in [-0.15, -0.1) is 0 Å². The van der Waals surface area contributed by atoms with Gasteiger partial charge in [-0.2, -0.15) is 0 Å². The van der Waals surface area contributed by atoms with Crippen molar-refractivity contribution in [3.8, 4) is 0 Å². The Hall–Kier alpha value is -3.90. The smallest absolute Gasteiger partial charge is 0.327 e. The summed E-state index contributed by atoms with van der Waals surface area (Å²) in [5.41, 5.74) is 12.6. The Balaban J connectivity index is 0.000000208. The van der Waals surface area contributed by atoms with E-state index >= 15 is 0 Å². The Kier molecular flexibility index (Phi) is 5.99. The fraction of sp³-hybridized carbons (Fsp3) is 0.0909. The van der Waals surface area contributed by atoms with Gasteiger partial charge in [0.1, 0.15) is 17.3 Å². The number of nitrogen functional groups attached to an aromatic ring is 2. The minimum absolute atomic E-state index is 0.103. The van der Waals surface area contributed by atoms with Crippen molar-refractivity contribution in [1.29, 1.82) is 0 Å². The molecule has 13 heteroatoms. The van der Waals surface area contributed by atoms with E-state index in [-0.39, 0.29) is 23.5 Å². The van der Waals surface area contributed by atoms with Gasteiger partial charge in [-0.05, 0) is 0 Å². The number of carbonyl (C=O) groups is 1. The zero-order valence-corrected chi connectivity index (χ0v) is 12.1. The van der Waals surface area contributed by atoms with Crippen LogP contribution in [0.2, 0.25) is 0 Å². The van der Waals surface area contributed by atoms with E-state index in [1.807, 2.05) is 4.98 Å². The van der Waals surface area contributed by atoms with Crippen LogP contribution in [0.5, 0.6) is 0 Å². The van der Waals surface area contributed by atoms with Crippen molar-refractivity contribution in [3.05, 3.63) is 47.2 Å². The zero-order chi connectivity index (χ0) is 18.3. The average molecular weight is 344 g/mol. The van der Waals surface area contributed by atoms with Crippen molar-refractivity contribution >= 4 is 29.9 Å². The molecule has 0 radical (unpaired) electrons. The number of nitrogens with one attached hydrogen (secondary N) is 4. The lowest BCUT2D eigenvalue weighted by Gasteiger charge is -1.93. The van der Waals surface area contributed by atoms with E-state index in [1.165, 1.54) is 0 Å². The lowest BCUT2D eigenvalue weighted by molar-refractivity contribution is -0.106. The Morgan fingerprint density at radius 1 is 0.958 bits per heavy atom. The van der Waals surface area contributed by atoms with Crippen molar-refractivity contribution in [2.24, 2.45) is 10.7 Å². The van der Waals surface area contributed by atoms with Gasteiger partial charge in [-0.25, -0.2) is 14.6 Å². The fourth-order valence-corrected chi connectivity index (χ4v) is 1.54. The lowest BCUT2D eigenvalue weighted by Crippen LogP contribution is -2.26. The minimum atomic E-state index is -0.666. The Labute approximate surface area is 131 Å². The maximum atomic E-state index is 11.0. The van der Waals surface area contributed by atoms with E-state index in [0.29, 0.717) is 17.8 Å². The van der Waals surface area contributed by atoms with E-state index < -0.39 is 16.9 Å². The standard InChI is InChI=1S/C6H5N3O2.C4H6N4O2.CH3NO/c10-5-3-1-2-7-4(3)8-6(11)9-5;5-1-2(6)7-4(10)8-3(1)9;2-1-3/h2H,1H2,(H2,8,9,10,11);5H2,(H4,6,7,8,9,10);1H,(H2,2,3)/i6+1,8+1,9+1;4+1,7+1,8+1;. The number of carbonyl (C=O) groups excluding carboxylic acids is 1. The number of hydrogen-bond acceptors (Lipinski definition) is 8. The molecule has 0 atom stereocenters. The van der Waals surface area contributed by atoms with Crippen LogP contribution in [0.4, 0.5) is 17.3 Å². The molecule has 2 aromatic heterocycles. The zero-order valence-electron chi connectivity index (χ0n) is 12.1. The van der Waals surface area contributed by atoms with Crippen LogP contribution in [-0.2, 0) is 11.2 Å². The molecule has 0 aliphatic carbocycles. The molecule has 0 spiro atoms. The quantitative estimate of drug-likeness (QED) is 0.239. The first kappa shape index (κ1) is 18.1. The summed E-state index contributed by atoms with van der Waals surface area (Å²) >= 11 is 0. The third-order valence-corrected chi connectivity index (χ3v) is 2.54. The highest BCUT2D eigenvalue weighted by molar-refractivity contribution is 5.73. The molecule has 24 heavy (non-hydrogen) atoms. The molecule has 1 aliphatic rings. The van der Waals surface area contributed by atoms with Gasteiger partial charge >= 0.3 is 11.4 Å². The Bertz CT molecular complexity index is 979. The maximum Gasteiger partial charge on any atom is 0.327 e. The van der Waals surface area contributed by atoms with Crippen LogP contribution in [0.3, 0.4) is 0 Å². The highest BCUT2D eigenvalue weighted by Crippen LogP contribution is 2.13. The van der Waals surface area contributed by atoms with Crippen LogP contribution in [0.1, 0.15) is 5.56 Å². The summed E-state index contributed by atoms with van der Waals surface area (Å²) in [6.07, 6.45) is 2.34. The van der Waals surface area contributed by atoms with Crippen LogP contribution in [0.25, 0.3) is 0 Å². The van der Waals surface area contributed by atoms with Gasteiger partial charge in [-0.3, -0.25) is 34.3 Å². The SMILES string of the molecule is NC=O.Nc1[15nH][13c](=O)[15nH]c(=O)c1N.O=c1[15nH][13c](=O)[15nH]c2c1CC=N2. The molecular formula is C11H14N8O5. The summed E-state index contributed by atoms with van der Waals surface area (Å²) in [7, 11) is 0. The molecule has 0 fully saturated rings. The molecule has 3 rings (SSSR count). The summed E-state index contributed by atoms with van der Waals surface area (Å²) in [4.78, 5) is 63.6. The van der Waals surface area contributed by atoms with Crippen LogP contribution in [0, 0.1) is 0 Å². The van der Waals surface area contributed by atoms with Crippen LogP contribution in [0.15, 0.2) is 24.2 Å². The molecule has 3 heterocycles. The van der Waals surface area contributed by atoms with Crippen LogP contribution >= 0.6 is 0 Å². The molecule has 0 saturated carbocycles. The van der Waals surface area contributed by atoms with Gasteiger partial charge in [0.2, 0.25) is 6.41 Å². The van der Waals surface area contributed by atoms with Crippen molar-refractivity contribution in [2.75, 3.05) is 11.5 Å². The number of amides is 1. The predicted octanol–water partition coefficient (Wildman–Crippen LogP) is -3.35. The minimum Gasteiger partial charge on any atom is -0.391 e. The predicted molar refractivity (Wildman–Crippen MR) is 86.3 cm³/mol. The second-order valence-corrected chi connectivity index (χ2v) is 4.12. The third kappa shape index (κ3) is 4.55. The molecular weight excluding hydrogens is 330 g/mol. The normalized spacial score (nSPS) is 10.7. The molecule has 13 nitrogen and oxygen atoms in total. The summed E-state index contributed by atoms with van der Waals surface area (Å²) in [6, 6.07) is 0. The molecule has 128 valence electrons. The van der Waals surface area contributed by atoms with Crippen molar-refractivity contribution in [3.63, 3.8) is 0 Å². The van der Waals surface area contributed by atoms with E-state index in [9.17, 15) is 19.2 Å². The monoisotopic (exact) mass is 344 g/mol. The van der Waals surface area contributed by atoms with Gasteiger partial charge in [-0.1, -0.05) is 0 Å². The molecule has 1 aliphatic heterocycles. The number of rotatable bonds is 0. The summed E-state index contributed by atoms with van der Waals surface area (Å²) in [5, 5.41) is 0. The molecule has 1 amide bonds. The van der Waals surface area contributed by atoms with Crippen LogP contribution in [-0.4, -0.2) is 32.6 Å². The second-order valence-electron chi connectivity index (χ2n) is 4.12. The van der Waals surface area contributed by atoms with Crippen molar-refractivity contribution < 1.29 is 4.79 Å². The number of H-pyrrole nitrogens is 4. The van der Waals surface area contributed by atoms with Crippen molar-refractivity contribution in [1.82, 2.24) is 19.9 Å².